The maximum atomic E-state index is 5.13. The third-order valence-corrected chi connectivity index (χ3v) is 0.928. The van der Waals surface area contributed by atoms with Crippen molar-refractivity contribution >= 4 is 0 Å². The molecule has 3 nitrogen and oxygen atoms in total. The summed E-state index contributed by atoms with van der Waals surface area (Å²) in [5.74, 6) is 0. The minimum Gasteiger partial charge on any atom is -0.382 e. The monoisotopic (exact) mass is 133 g/mol. The molecule has 0 fully saturated rings. The zero-order chi connectivity index (χ0) is 6.95. The Kier molecular flexibility index (Phi) is 7.77. The van der Waals surface area contributed by atoms with Crippen LogP contribution in [0.5, 0.6) is 0 Å². The second kappa shape index (κ2) is 7.88. The molecular weight excluding hydrogens is 118 g/mol. The SMILES string of the molecule is CNCCOCCOC. The fourth-order valence-electron chi connectivity index (χ4n) is 0.419. The van der Waals surface area contributed by atoms with E-state index >= 15 is 0 Å². The summed E-state index contributed by atoms with van der Waals surface area (Å²) in [4.78, 5) is 0. The van der Waals surface area contributed by atoms with Crippen LogP contribution in [0.3, 0.4) is 0 Å². The van der Waals surface area contributed by atoms with Crippen LogP contribution in [0.15, 0.2) is 0 Å². The Morgan fingerprint density at radius 3 is 2.56 bits per heavy atom. The molecule has 1 N–H and O–H groups in total. The molecule has 0 aromatic carbocycles. The van der Waals surface area contributed by atoms with Gasteiger partial charge in [0.15, 0.2) is 0 Å². The van der Waals surface area contributed by atoms with Crippen LogP contribution in [-0.4, -0.2) is 40.5 Å². The second-order valence-electron chi connectivity index (χ2n) is 1.71. The molecule has 0 amide bonds. The van der Waals surface area contributed by atoms with Crippen molar-refractivity contribution in [3.63, 3.8) is 0 Å². The van der Waals surface area contributed by atoms with Gasteiger partial charge in [-0.3, -0.25) is 0 Å². The molecule has 0 saturated heterocycles. The van der Waals surface area contributed by atoms with Crippen LogP contribution < -0.4 is 5.32 Å². The van der Waals surface area contributed by atoms with Gasteiger partial charge in [0.2, 0.25) is 0 Å². The number of nitrogens with one attached hydrogen (secondary N) is 1. The molecule has 0 spiro atoms. The summed E-state index contributed by atoms with van der Waals surface area (Å²) in [5, 5.41) is 2.98. The Bertz CT molecular complexity index is 44.3. The van der Waals surface area contributed by atoms with Crippen LogP contribution in [0.2, 0.25) is 0 Å². The topological polar surface area (TPSA) is 30.5 Å². The van der Waals surface area contributed by atoms with Crippen molar-refractivity contribution in [2.45, 2.75) is 0 Å². The van der Waals surface area contributed by atoms with Crippen molar-refractivity contribution < 1.29 is 9.47 Å². The summed E-state index contributed by atoms with van der Waals surface area (Å²) < 4.78 is 9.90. The highest BCUT2D eigenvalue weighted by Crippen LogP contribution is 1.72. The molecule has 0 aliphatic carbocycles. The fourth-order valence-corrected chi connectivity index (χ4v) is 0.419. The first-order chi connectivity index (χ1) is 4.41. The maximum absolute atomic E-state index is 5.13. The van der Waals surface area contributed by atoms with Gasteiger partial charge in [0.25, 0.3) is 0 Å². The summed E-state index contributed by atoms with van der Waals surface area (Å²) in [6.07, 6.45) is 0. The van der Waals surface area contributed by atoms with Gasteiger partial charge in [-0.05, 0) is 7.05 Å². The van der Waals surface area contributed by atoms with Crippen molar-refractivity contribution in [3.8, 4) is 0 Å². The molecule has 0 bridgehead atoms. The van der Waals surface area contributed by atoms with E-state index in [1.54, 1.807) is 7.11 Å². The number of methoxy groups -OCH3 is 1. The van der Waals surface area contributed by atoms with E-state index in [2.05, 4.69) is 5.32 Å². The standard InChI is InChI=1S/C6H15NO2/c1-7-3-4-9-6-5-8-2/h7H,3-6H2,1-2H3. The van der Waals surface area contributed by atoms with Gasteiger partial charge in [0, 0.05) is 13.7 Å². The van der Waals surface area contributed by atoms with E-state index in [1.807, 2.05) is 7.05 Å². The van der Waals surface area contributed by atoms with Gasteiger partial charge in [-0.25, -0.2) is 0 Å². The van der Waals surface area contributed by atoms with E-state index in [0.29, 0.717) is 13.2 Å². The van der Waals surface area contributed by atoms with Gasteiger partial charge in [-0.1, -0.05) is 0 Å². The van der Waals surface area contributed by atoms with Gasteiger partial charge < -0.3 is 14.8 Å². The third-order valence-electron chi connectivity index (χ3n) is 0.928. The lowest BCUT2D eigenvalue weighted by atomic mass is 10.7. The van der Waals surface area contributed by atoms with Crippen LogP contribution in [0.4, 0.5) is 0 Å². The number of hydrogen-bond acceptors (Lipinski definition) is 3. The van der Waals surface area contributed by atoms with Gasteiger partial charge in [0.05, 0.1) is 19.8 Å². The van der Waals surface area contributed by atoms with E-state index < -0.39 is 0 Å². The summed E-state index contributed by atoms with van der Waals surface area (Å²) in [6.45, 7) is 3.05. The molecule has 0 aliphatic rings. The molecule has 0 saturated carbocycles. The van der Waals surface area contributed by atoms with E-state index in [-0.39, 0.29) is 0 Å². The molecule has 0 aliphatic heterocycles. The third kappa shape index (κ3) is 7.88. The molecule has 0 unspecified atom stereocenters. The van der Waals surface area contributed by atoms with Crippen LogP contribution in [0.25, 0.3) is 0 Å². The smallest absolute Gasteiger partial charge is 0.0700 e. The maximum Gasteiger partial charge on any atom is 0.0700 e. The summed E-state index contributed by atoms with van der Waals surface area (Å²) in [7, 11) is 3.57. The highest BCUT2D eigenvalue weighted by atomic mass is 16.5. The van der Waals surface area contributed by atoms with Gasteiger partial charge in [-0.15, -0.1) is 0 Å². The molecule has 3 heteroatoms. The first-order valence-electron chi connectivity index (χ1n) is 3.13. The lowest BCUT2D eigenvalue weighted by Gasteiger charge is -2.01. The van der Waals surface area contributed by atoms with E-state index in [9.17, 15) is 0 Å². The molecule has 9 heavy (non-hydrogen) atoms. The Balaban J connectivity index is 2.60. The Labute approximate surface area is 56.3 Å². The molecule has 0 aromatic heterocycles. The van der Waals surface area contributed by atoms with Gasteiger partial charge in [-0.2, -0.15) is 0 Å². The first kappa shape index (κ1) is 8.88. The molecule has 0 atom stereocenters. The van der Waals surface area contributed by atoms with Gasteiger partial charge >= 0.3 is 0 Å². The first-order valence-corrected chi connectivity index (χ1v) is 3.13. The predicted molar refractivity (Wildman–Crippen MR) is 36.6 cm³/mol. The fraction of sp³-hybridized carbons (Fsp3) is 1.00. The highest BCUT2D eigenvalue weighted by Gasteiger charge is 1.83. The molecule has 0 rings (SSSR count). The second-order valence-corrected chi connectivity index (χ2v) is 1.71. The van der Waals surface area contributed by atoms with E-state index in [0.717, 1.165) is 13.2 Å². The van der Waals surface area contributed by atoms with Crippen LogP contribution in [0, 0.1) is 0 Å². The number of likely N-dealkylation sites (N-methyl/N-ethyl adjacent to an activating group) is 1. The largest absolute Gasteiger partial charge is 0.382 e. The molecule has 0 radical (unpaired) electrons. The molecule has 0 heterocycles. The van der Waals surface area contributed by atoms with E-state index in [4.69, 9.17) is 9.47 Å². The Hall–Kier alpha value is -0.120. The van der Waals surface area contributed by atoms with Crippen LogP contribution >= 0.6 is 0 Å². The average molecular weight is 133 g/mol. The predicted octanol–water partition coefficient (Wildman–Crippen LogP) is -0.131. The normalized spacial score (nSPS) is 10.0. The van der Waals surface area contributed by atoms with Gasteiger partial charge in [0.1, 0.15) is 0 Å². The Morgan fingerprint density at radius 2 is 2.00 bits per heavy atom. The lowest BCUT2D eigenvalue weighted by Crippen LogP contribution is -2.15. The zero-order valence-corrected chi connectivity index (χ0v) is 6.14. The summed E-state index contributed by atoms with van der Waals surface area (Å²) >= 11 is 0. The highest BCUT2D eigenvalue weighted by molar-refractivity contribution is 4.34. The minimum absolute atomic E-state index is 0.684. The number of hydrogen-bond donors (Lipinski definition) is 1. The molecule has 56 valence electrons. The lowest BCUT2D eigenvalue weighted by molar-refractivity contribution is 0.0726. The number of ether oxygens (including phenoxy) is 2. The van der Waals surface area contributed by atoms with Crippen molar-refractivity contribution in [3.05, 3.63) is 0 Å². The number of rotatable bonds is 6. The summed E-state index contributed by atoms with van der Waals surface area (Å²) in [5.41, 5.74) is 0. The summed E-state index contributed by atoms with van der Waals surface area (Å²) in [6, 6.07) is 0. The minimum atomic E-state index is 0.684. The zero-order valence-electron chi connectivity index (χ0n) is 6.14. The average Bonchev–Trinajstić information content (AvgIpc) is 1.89. The van der Waals surface area contributed by atoms with Crippen LogP contribution in [0.1, 0.15) is 0 Å². The molecule has 0 aromatic rings. The quantitative estimate of drug-likeness (QED) is 0.512. The Morgan fingerprint density at radius 1 is 1.22 bits per heavy atom. The molecular formula is C6H15NO2. The van der Waals surface area contributed by atoms with Crippen LogP contribution in [-0.2, 0) is 9.47 Å². The van der Waals surface area contributed by atoms with E-state index in [1.165, 1.54) is 0 Å². The van der Waals surface area contributed by atoms with Crippen molar-refractivity contribution in [1.82, 2.24) is 5.32 Å². The van der Waals surface area contributed by atoms with Crippen molar-refractivity contribution in [1.29, 1.82) is 0 Å². The van der Waals surface area contributed by atoms with Crippen molar-refractivity contribution in [2.75, 3.05) is 40.5 Å². The van der Waals surface area contributed by atoms with Crippen molar-refractivity contribution in [2.24, 2.45) is 0 Å².